The number of methoxy groups -OCH3 is 1. The zero-order chi connectivity index (χ0) is 19.1. The molecular formula is C23H19N3O. The highest BCUT2D eigenvalue weighted by Crippen LogP contribution is 2.36. The van der Waals surface area contributed by atoms with Gasteiger partial charge < -0.3 is 10.5 Å². The van der Waals surface area contributed by atoms with Crippen LogP contribution in [0, 0.1) is 26.2 Å². The van der Waals surface area contributed by atoms with Crippen molar-refractivity contribution in [2.24, 2.45) is 0 Å². The first-order chi connectivity index (χ1) is 13.0. The summed E-state index contributed by atoms with van der Waals surface area (Å²) < 4.78 is 5.32. The lowest BCUT2D eigenvalue weighted by atomic mass is 9.93. The molecule has 0 aliphatic carbocycles. The second kappa shape index (κ2) is 6.30. The minimum atomic E-state index is 0.387. The number of terminal acetylenes is 1. The van der Waals surface area contributed by atoms with Gasteiger partial charge in [-0.3, -0.25) is 4.98 Å². The first-order valence-corrected chi connectivity index (χ1v) is 8.63. The maximum absolute atomic E-state index is 6.19. The summed E-state index contributed by atoms with van der Waals surface area (Å²) in [5.41, 5.74) is 12.5. The number of aromatic nitrogens is 2. The molecule has 0 aliphatic heterocycles. The highest BCUT2D eigenvalue weighted by molar-refractivity contribution is 6.12. The molecule has 0 spiro atoms. The van der Waals surface area contributed by atoms with E-state index < -0.39 is 0 Å². The number of fused-ring (bicyclic) bond motifs is 3. The number of nitrogen functional groups attached to an aromatic ring is 1. The van der Waals surface area contributed by atoms with Crippen LogP contribution in [0.3, 0.4) is 0 Å². The maximum atomic E-state index is 6.19. The molecule has 0 radical (unpaired) electrons. The topological polar surface area (TPSA) is 61.0 Å². The van der Waals surface area contributed by atoms with Gasteiger partial charge in [0.05, 0.1) is 12.6 Å². The van der Waals surface area contributed by atoms with Gasteiger partial charge >= 0.3 is 0 Å². The van der Waals surface area contributed by atoms with E-state index in [0.29, 0.717) is 11.3 Å². The number of aryl methyl sites for hydroxylation is 2. The molecular weight excluding hydrogens is 334 g/mol. The van der Waals surface area contributed by atoms with Gasteiger partial charge in [0, 0.05) is 28.1 Å². The molecule has 2 N–H and O–H groups in total. The Balaban J connectivity index is 2.13. The molecule has 2 aromatic carbocycles. The molecule has 4 aromatic rings. The molecule has 0 fully saturated rings. The third-order valence-electron chi connectivity index (χ3n) is 4.85. The molecule has 0 bridgehead atoms. The Hall–Kier alpha value is -3.58. The minimum absolute atomic E-state index is 0.387. The van der Waals surface area contributed by atoms with Crippen molar-refractivity contribution >= 4 is 27.6 Å². The number of pyridine rings is 2. The summed E-state index contributed by atoms with van der Waals surface area (Å²) in [5.74, 6) is 4.07. The highest BCUT2D eigenvalue weighted by Gasteiger charge is 2.16. The molecule has 0 unspecified atom stereocenters. The summed E-state index contributed by atoms with van der Waals surface area (Å²) in [4.78, 5) is 9.12. The third kappa shape index (κ3) is 2.65. The van der Waals surface area contributed by atoms with Crippen LogP contribution >= 0.6 is 0 Å². The van der Waals surface area contributed by atoms with Gasteiger partial charge in [0.25, 0.3) is 0 Å². The zero-order valence-electron chi connectivity index (χ0n) is 15.5. The average Bonchev–Trinajstić information content (AvgIpc) is 2.66. The molecule has 0 aliphatic rings. The van der Waals surface area contributed by atoms with E-state index in [2.05, 4.69) is 15.9 Å². The van der Waals surface area contributed by atoms with Gasteiger partial charge in [-0.2, -0.15) is 0 Å². The van der Waals surface area contributed by atoms with Crippen molar-refractivity contribution in [3.05, 3.63) is 59.3 Å². The number of rotatable bonds is 2. The Bertz CT molecular complexity index is 1250. The fourth-order valence-corrected chi connectivity index (χ4v) is 3.52. The summed E-state index contributed by atoms with van der Waals surface area (Å²) in [6.45, 7) is 4.06. The molecule has 0 saturated heterocycles. The standard InChI is InChI=1S/C23H19N3O/c1-5-16-19(17-9-7-15(27-4)11-14(17)3)12-25-22-21(16)18-8-6-13(2)10-20(18)26-23(22)24/h1,6-12H,2-4H3,(H2,24,26). The summed E-state index contributed by atoms with van der Waals surface area (Å²) >= 11 is 0. The van der Waals surface area contributed by atoms with Crippen molar-refractivity contribution in [3.8, 4) is 29.2 Å². The van der Waals surface area contributed by atoms with Crippen LogP contribution in [0.2, 0.25) is 0 Å². The van der Waals surface area contributed by atoms with Crippen molar-refractivity contribution in [1.82, 2.24) is 9.97 Å². The van der Waals surface area contributed by atoms with Crippen LogP contribution in [0.4, 0.5) is 5.82 Å². The maximum Gasteiger partial charge on any atom is 0.150 e. The molecule has 2 aromatic heterocycles. The Labute approximate surface area is 158 Å². The van der Waals surface area contributed by atoms with Crippen LogP contribution in [-0.4, -0.2) is 17.1 Å². The van der Waals surface area contributed by atoms with Crippen LogP contribution in [0.25, 0.3) is 32.9 Å². The highest BCUT2D eigenvalue weighted by atomic mass is 16.5. The Morgan fingerprint density at radius 2 is 1.89 bits per heavy atom. The van der Waals surface area contributed by atoms with E-state index in [-0.39, 0.29) is 0 Å². The van der Waals surface area contributed by atoms with Gasteiger partial charge in [0.15, 0.2) is 5.82 Å². The van der Waals surface area contributed by atoms with Gasteiger partial charge in [0.2, 0.25) is 0 Å². The van der Waals surface area contributed by atoms with E-state index in [1.807, 2.05) is 50.2 Å². The van der Waals surface area contributed by atoms with E-state index >= 15 is 0 Å². The summed E-state index contributed by atoms with van der Waals surface area (Å²) in [5, 5.41) is 1.82. The molecule has 2 heterocycles. The number of hydrogen-bond acceptors (Lipinski definition) is 4. The van der Waals surface area contributed by atoms with Crippen molar-refractivity contribution in [2.75, 3.05) is 12.8 Å². The van der Waals surface area contributed by atoms with Gasteiger partial charge in [-0.15, -0.1) is 6.42 Å². The fraction of sp³-hybridized carbons (Fsp3) is 0.130. The molecule has 4 rings (SSSR count). The monoisotopic (exact) mass is 353 g/mol. The van der Waals surface area contributed by atoms with Crippen LogP contribution in [0.5, 0.6) is 5.75 Å². The molecule has 0 amide bonds. The lowest BCUT2D eigenvalue weighted by Gasteiger charge is -2.14. The molecule has 0 atom stereocenters. The second-order valence-electron chi connectivity index (χ2n) is 6.61. The van der Waals surface area contributed by atoms with E-state index in [1.54, 1.807) is 13.3 Å². The van der Waals surface area contributed by atoms with Crippen molar-refractivity contribution < 1.29 is 4.74 Å². The van der Waals surface area contributed by atoms with E-state index in [1.165, 1.54) is 0 Å². The fourth-order valence-electron chi connectivity index (χ4n) is 3.52. The SMILES string of the molecule is C#Cc1c(-c2ccc(OC)cc2C)cnc2c(N)nc3cc(C)ccc3c12. The minimum Gasteiger partial charge on any atom is -0.497 e. The number of anilines is 1. The number of nitrogens with zero attached hydrogens (tertiary/aromatic N) is 2. The van der Waals surface area contributed by atoms with Crippen molar-refractivity contribution in [3.63, 3.8) is 0 Å². The largest absolute Gasteiger partial charge is 0.497 e. The van der Waals surface area contributed by atoms with Gasteiger partial charge in [-0.1, -0.05) is 24.1 Å². The quantitative estimate of drug-likeness (QED) is 0.421. The van der Waals surface area contributed by atoms with E-state index in [4.69, 9.17) is 16.9 Å². The van der Waals surface area contributed by atoms with Crippen LogP contribution in [0.15, 0.2) is 42.6 Å². The molecule has 132 valence electrons. The third-order valence-corrected chi connectivity index (χ3v) is 4.85. The Kier molecular flexibility index (Phi) is 3.93. The summed E-state index contributed by atoms with van der Waals surface area (Å²) in [7, 11) is 1.66. The van der Waals surface area contributed by atoms with Crippen molar-refractivity contribution in [1.29, 1.82) is 0 Å². The average molecular weight is 353 g/mol. The lowest BCUT2D eigenvalue weighted by Crippen LogP contribution is -1.99. The Morgan fingerprint density at radius 3 is 2.59 bits per heavy atom. The van der Waals surface area contributed by atoms with E-state index in [0.717, 1.165) is 49.9 Å². The van der Waals surface area contributed by atoms with Crippen LogP contribution in [-0.2, 0) is 0 Å². The number of ether oxygens (including phenoxy) is 1. The van der Waals surface area contributed by atoms with Gasteiger partial charge in [-0.25, -0.2) is 4.98 Å². The first-order valence-electron chi connectivity index (χ1n) is 8.63. The smallest absolute Gasteiger partial charge is 0.150 e. The molecule has 4 nitrogen and oxygen atoms in total. The normalized spacial score (nSPS) is 10.9. The summed E-state index contributed by atoms with van der Waals surface area (Å²) in [6, 6.07) is 12.0. The van der Waals surface area contributed by atoms with Crippen LogP contribution < -0.4 is 10.5 Å². The Morgan fingerprint density at radius 1 is 1.07 bits per heavy atom. The lowest BCUT2D eigenvalue weighted by molar-refractivity contribution is 0.414. The first kappa shape index (κ1) is 16.9. The molecule has 0 saturated carbocycles. The number of benzene rings is 2. The predicted octanol–water partition coefficient (Wildman–Crippen LogP) is 4.64. The molecule has 4 heteroatoms. The summed E-state index contributed by atoms with van der Waals surface area (Å²) in [6.07, 6.45) is 7.75. The number of nitrogens with two attached hydrogens (primary N) is 1. The zero-order valence-corrected chi connectivity index (χ0v) is 15.5. The van der Waals surface area contributed by atoms with Crippen molar-refractivity contribution in [2.45, 2.75) is 13.8 Å². The van der Waals surface area contributed by atoms with Crippen LogP contribution in [0.1, 0.15) is 16.7 Å². The van der Waals surface area contributed by atoms with Gasteiger partial charge in [-0.05, 0) is 48.7 Å². The van der Waals surface area contributed by atoms with E-state index in [9.17, 15) is 0 Å². The predicted molar refractivity (Wildman–Crippen MR) is 111 cm³/mol. The second-order valence-corrected chi connectivity index (χ2v) is 6.61. The molecule has 27 heavy (non-hydrogen) atoms. The number of hydrogen-bond donors (Lipinski definition) is 1. The van der Waals surface area contributed by atoms with Gasteiger partial charge in [0.1, 0.15) is 11.3 Å².